The predicted octanol–water partition coefficient (Wildman–Crippen LogP) is 4.00. The number of carbonyl (C=O) groups is 2. The van der Waals surface area contributed by atoms with Crippen LogP contribution in [0.1, 0.15) is 30.0 Å². The van der Waals surface area contributed by atoms with E-state index in [0.717, 1.165) is 21.2 Å². The van der Waals surface area contributed by atoms with E-state index in [1.807, 2.05) is 63.2 Å². The van der Waals surface area contributed by atoms with E-state index in [-0.39, 0.29) is 18.4 Å². The van der Waals surface area contributed by atoms with Gasteiger partial charge in [0.2, 0.25) is 5.91 Å². The van der Waals surface area contributed by atoms with Crippen molar-refractivity contribution >= 4 is 27.7 Å². The Morgan fingerprint density at radius 2 is 1.82 bits per heavy atom. The summed E-state index contributed by atoms with van der Waals surface area (Å²) in [6, 6.07) is 13.0. The Labute approximate surface area is 175 Å². The fourth-order valence-electron chi connectivity index (χ4n) is 2.91. The first-order chi connectivity index (χ1) is 13.3. The number of nitrogens with zero attached hydrogens (tertiary/aromatic N) is 1. The van der Waals surface area contributed by atoms with Crippen LogP contribution in [0, 0.1) is 13.8 Å². The molecule has 0 radical (unpaired) electrons. The number of amides is 2. The van der Waals surface area contributed by atoms with Crippen LogP contribution in [-0.4, -0.2) is 36.4 Å². The van der Waals surface area contributed by atoms with Gasteiger partial charge in [-0.05, 0) is 49.6 Å². The maximum atomic E-state index is 13.0. The third kappa shape index (κ3) is 5.83. The van der Waals surface area contributed by atoms with E-state index in [1.54, 1.807) is 11.9 Å². The van der Waals surface area contributed by atoms with Crippen molar-refractivity contribution in [2.24, 2.45) is 0 Å². The second-order valence-electron chi connectivity index (χ2n) is 6.75. The molecule has 0 fully saturated rings. The van der Waals surface area contributed by atoms with Gasteiger partial charge in [-0.15, -0.1) is 0 Å². The van der Waals surface area contributed by atoms with Gasteiger partial charge in [-0.3, -0.25) is 9.59 Å². The molecule has 0 unspecified atom stereocenters. The first kappa shape index (κ1) is 22.0. The summed E-state index contributed by atoms with van der Waals surface area (Å²) in [4.78, 5) is 26.9. The van der Waals surface area contributed by atoms with Crippen molar-refractivity contribution in [1.29, 1.82) is 0 Å². The van der Waals surface area contributed by atoms with Gasteiger partial charge in [-0.25, -0.2) is 0 Å². The first-order valence-electron chi connectivity index (χ1n) is 9.31. The summed E-state index contributed by atoms with van der Waals surface area (Å²) in [5.74, 6) is 0.219. The highest BCUT2D eigenvalue weighted by atomic mass is 79.9. The molecular formula is C22H27BrN2O3. The lowest BCUT2D eigenvalue weighted by Gasteiger charge is -2.30. The molecule has 28 heavy (non-hydrogen) atoms. The van der Waals surface area contributed by atoms with Crippen LogP contribution in [0.5, 0.6) is 5.75 Å². The van der Waals surface area contributed by atoms with Crippen LogP contribution in [0.15, 0.2) is 46.9 Å². The number of likely N-dealkylation sites (N-methyl/N-ethyl adjacent to an activating group) is 1. The minimum atomic E-state index is -0.547. The minimum Gasteiger partial charge on any atom is -0.484 e. The smallest absolute Gasteiger partial charge is 0.261 e. The zero-order chi connectivity index (χ0) is 20.7. The summed E-state index contributed by atoms with van der Waals surface area (Å²) in [7, 11) is 1.58. The SMILES string of the molecule is CC[C@@H](C(=O)NC)N(Cc1ccc(C)cc1)C(=O)COc1ccc(Br)c(C)c1. The highest BCUT2D eigenvalue weighted by Gasteiger charge is 2.28. The average Bonchev–Trinajstić information content (AvgIpc) is 2.69. The predicted molar refractivity (Wildman–Crippen MR) is 114 cm³/mol. The van der Waals surface area contributed by atoms with Gasteiger partial charge in [-0.1, -0.05) is 52.7 Å². The third-order valence-corrected chi connectivity index (χ3v) is 5.49. The van der Waals surface area contributed by atoms with E-state index >= 15 is 0 Å². The zero-order valence-corrected chi connectivity index (χ0v) is 18.4. The summed E-state index contributed by atoms with van der Waals surface area (Å²) in [5, 5.41) is 2.65. The van der Waals surface area contributed by atoms with Gasteiger partial charge in [0.05, 0.1) is 0 Å². The Morgan fingerprint density at radius 3 is 2.39 bits per heavy atom. The van der Waals surface area contributed by atoms with Gasteiger partial charge in [0.1, 0.15) is 11.8 Å². The molecular weight excluding hydrogens is 420 g/mol. The lowest BCUT2D eigenvalue weighted by molar-refractivity contribution is -0.142. The molecule has 0 saturated carbocycles. The van der Waals surface area contributed by atoms with E-state index in [9.17, 15) is 9.59 Å². The number of carbonyl (C=O) groups excluding carboxylic acids is 2. The largest absolute Gasteiger partial charge is 0.484 e. The molecule has 6 heteroatoms. The normalized spacial score (nSPS) is 11.6. The molecule has 1 N–H and O–H groups in total. The summed E-state index contributed by atoms with van der Waals surface area (Å²) in [6.45, 7) is 6.10. The maximum Gasteiger partial charge on any atom is 0.261 e. The van der Waals surface area contributed by atoms with Crippen molar-refractivity contribution in [2.75, 3.05) is 13.7 Å². The zero-order valence-electron chi connectivity index (χ0n) is 16.8. The Balaban J connectivity index is 2.18. The number of nitrogens with one attached hydrogen (secondary N) is 1. The van der Waals surface area contributed by atoms with Crippen LogP contribution >= 0.6 is 15.9 Å². The van der Waals surface area contributed by atoms with Crippen molar-refractivity contribution in [2.45, 2.75) is 39.8 Å². The highest BCUT2D eigenvalue weighted by Crippen LogP contribution is 2.22. The lowest BCUT2D eigenvalue weighted by atomic mass is 10.1. The van der Waals surface area contributed by atoms with Crippen LogP contribution in [0.25, 0.3) is 0 Å². The van der Waals surface area contributed by atoms with Crippen molar-refractivity contribution < 1.29 is 14.3 Å². The molecule has 0 aliphatic carbocycles. The van der Waals surface area contributed by atoms with Gasteiger partial charge in [-0.2, -0.15) is 0 Å². The molecule has 1 atom stereocenters. The monoisotopic (exact) mass is 446 g/mol. The molecule has 2 aromatic rings. The van der Waals surface area contributed by atoms with Crippen LogP contribution in [0.4, 0.5) is 0 Å². The van der Waals surface area contributed by atoms with E-state index in [2.05, 4.69) is 21.2 Å². The van der Waals surface area contributed by atoms with Crippen LogP contribution in [-0.2, 0) is 16.1 Å². The molecule has 2 rings (SSSR count). The quantitative estimate of drug-likeness (QED) is 0.666. The van der Waals surface area contributed by atoms with Crippen molar-refractivity contribution in [3.63, 3.8) is 0 Å². The first-order valence-corrected chi connectivity index (χ1v) is 10.1. The summed E-state index contributed by atoms with van der Waals surface area (Å²) in [5.41, 5.74) is 3.15. The van der Waals surface area contributed by atoms with Crippen LogP contribution < -0.4 is 10.1 Å². The molecule has 5 nitrogen and oxygen atoms in total. The summed E-state index contributed by atoms with van der Waals surface area (Å²) in [6.07, 6.45) is 0.522. The molecule has 0 saturated heterocycles. The van der Waals surface area contributed by atoms with Crippen molar-refractivity contribution in [3.8, 4) is 5.75 Å². The molecule has 150 valence electrons. The average molecular weight is 447 g/mol. The second-order valence-corrected chi connectivity index (χ2v) is 7.60. The number of halogens is 1. The van der Waals surface area contributed by atoms with E-state index in [0.29, 0.717) is 18.7 Å². The second kappa shape index (κ2) is 10.3. The molecule has 0 bridgehead atoms. The fraction of sp³-hybridized carbons (Fsp3) is 0.364. The van der Waals surface area contributed by atoms with Crippen LogP contribution in [0.3, 0.4) is 0 Å². The fourth-order valence-corrected chi connectivity index (χ4v) is 3.16. The van der Waals surface area contributed by atoms with Gasteiger partial charge >= 0.3 is 0 Å². The molecule has 2 aromatic carbocycles. The van der Waals surface area contributed by atoms with Crippen LogP contribution in [0.2, 0.25) is 0 Å². The summed E-state index contributed by atoms with van der Waals surface area (Å²) < 4.78 is 6.69. The molecule has 0 heterocycles. The van der Waals surface area contributed by atoms with Crippen molar-refractivity contribution in [1.82, 2.24) is 10.2 Å². The maximum absolute atomic E-state index is 13.0. The van der Waals surface area contributed by atoms with Gasteiger partial charge < -0.3 is 15.0 Å². The van der Waals surface area contributed by atoms with Gasteiger partial charge in [0, 0.05) is 18.1 Å². The number of rotatable bonds is 8. The highest BCUT2D eigenvalue weighted by molar-refractivity contribution is 9.10. The molecule has 0 aromatic heterocycles. The topological polar surface area (TPSA) is 58.6 Å². The lowest BCUT2D eigenvalue weighted by Crippen LogP contribution is -2.49. The molecule has 0 aliphatic rings. The Bertz CT molecular complexity index is 821. The molecule has 0 spiro atoms. The van der Waals surface area contributed by atoms with E-state index in [1.165, 1.54) is 0 Å². The van der Waals surface area contributed by atoms with Crippen molar-refractivity contribution in [3.05, 3.63) is 63.6 Å². The Kier molecular flexibility index (Phi) is 8.05. The Hall–Kier alpha value is -2.34. The van der Waals surface area contributed by atoms with Gasteiger partial charge in [0.15, 0.2) is 6.61 Å². The molecule has 2 amide bonds. The van der Waals surface area contributed by atoms with E-state index < -0.39 is 6.04 Å². The number of ether oxygens (including phenoxy) is 1. The summed E-state index contributed by atoms with van der Waals surface area (Å²) >= 11 is 3.45. The van der Waals surface area contributed by atoms with Gasteiger partial charge in [0.25, 0.3) is 5.91 Å². The number of hydrogen-bond acceptors (Lipinski definition) is 3. The minimum absolute atomic E-state index is 0.125. The third-order valence-electron chi connectivity index (χ3n) is 4.60. The number of aryl methyl sites for hydroxylation is 2. The standard InChI is InChI=1S/C22H27BrN2O3/c1-5-20(22(27)24-4)25(13-17-8-6-15(2)7-9-17)21(26)14-28-18-10-11-19(23)16(3)12-18/h6-12,20H,5,13-14H2,1-4H3,(H,24,27)/t20-/m0/s1. The van der Waals surface area contributed by atoms with E-state index in [4.69, 9.17) is 4.74 Å². The Morgan fingerprint density at radius 1 is 1.14 bits per heavy atom. The number of benzene rings is 2. The number of hydrogen-bond donors (Lipinski definition) is 1. The molecule has 0 aliphatic heterocycles.